The van der Waals surface area contributed by atoms with Crippen LogP contribution in [0.15, 0.2) is 12.1 Å². The van der Waals surface area contributed by atoms with Gasteiger partial charge in [-0.1, -0.05) is 18.5 Å². The Morgan fingerprint density at radius 2 is 2.17 bits per heavy atom. The van der Waals surface area contributed by atoms with Crippen LogP contribution in [0, 0.1) is 12.7 Å². The van der Waals surface area contributed by atoms with Gasteiger partial charge in [0.1, 0.15) is 0 Å². The van der Waals surface area contributed by atoms with Crippen molar-refractivity contribution >= 4 is 28.8 Å². The summed E-state index contributed by atoms with van der Waals surface area (Å²) in [6.45, 7) is 4.32. The van der Waals surface area contributed by atoms with Gasteiger partial charge >= 0.3 is 0 Å². The number of aryl methyl sites for hydroxylation is 1. The molecule has 0 aliphatic carbocycles. The molecule has 0 aliphatic rings. The molecule has 0 unspecified atom stereocenters. The predicted octanol–water partition coefficient (Wildman–Crippen LogP) is 4.13. The second kappa shape index (κ2) is 5.63. The lowest BCUT2D eigenvalue weighted by Gasteiger charge is -2.08. The van der Waals surface area contributed by atoms with E-state index in [1.54, 1.807) is 13.0 Å². The highest BCUT2D eigenvalue weighted by molar-refractivity contribution is 7.19. The number of thiophene rings is 1. The van der Waals surface area contributed by atoms with E-state index in [1.165, 1.54) is 11.3 Å². The van der Waals surface area contributed by atoms with Crippen LogP contribution in [0.1, 0.15) is 19.0 Å². The van der Waals surface area contributed by atoms with Crippen molar-refractivity contribution in [3.05, 3.63) is 28.0 Å². The zero-order chi connectivity index (χ0) is 13.1. The smallest absolute Gasteiger partial charge is 0.186 e. The number of hydrogen-bond acceptors (Lipinski definition) is 4. The number of nitrogens with one attached hydrogen (secondary N) is 1. The molecular weight excluding hydrogens is 273 g/mol. The number of rotatable bonds is 4. The van der Waals surface area contributed by atoms with Gasteiger partial charge in [-0.05, 0) is 25.5 Å². The molecule has 0 bridgehead atoms. The van der Waals surface area contributed by atoms with Gasteiger partial charge in [-0.15, -0.1) is 11.3 Å². The monoisotopic (exact) mass is 285 g/mol. The Morgan fingerprint density at radius 3 is 2.78 bits per heavy atom. The van der Waals surface area contributed by atoms with Crippen LogP contribution in [-0.2, 0) is 0 Å². The van der Waals surface area contributed by atoms with Gasteiger partial charge in [0.25, 0.3) is 0 Å². The van der Waals surface area contributed by atoms with Gasteiger partial charge in [0.2, 0.25) is 0 Å². The van der Waals surface area contributed by atoms with Crippen molar-refractivity contribution in [2.45, 2.75) is 20.3 Å². The van der Waals surface area contributed by atoms with Crippen LogP contribution < -0.4 is 5.32 Å². The summed E-state index contributed by atoms with van der Waals surface area (Å²) in [5.74, 6) is 0.364. The first-order valence-electron chi connectivity index (χ1n) is 5.65. The topological polar surface area (TPSA) is 37.8 Å². The Bertz CT molecular complexity index is 556. The Kier molecular flexibility index (Phi) is 4.14. The Labute approximate surface area is 114 Å². The van der Waals surface area contributed by atoms with E-state index >= 15 is 0 Å². The van der Waals surface area contributed by atoms with E-state index in [1.807, 2.05) is 13.0 Å². The molecule has 6 heteroatoms. The quantitative estimate of drug-likeness (QED) is 0.918. The summed E-state index contributed by atoms with van der Waals surface area (Å²) in [7, 11) is 0. The highest BCUT2D eigenvalue weighted by Gasteiger charge is 2.13. The summed E-state index contributed by atoms with van der Waals surface area (Å²) in [4.78, 5) is 9.20. The Morgan fingerprint density at radius 1 is 1.39 bits per heavy atom. The molecule has 0 aliphatic heterocycles. The van der Waals surface area contributed by atoms with Gasteiger partial charge in [-0.2, -0.15) is 0 Å². The van der Waals surface area contributed by atoms with Crippen molar-refractivity contribution in [1.82, 2.24) is 9.97 Å². The number of anilines is 1. The molecule has 0 radical (unpaired) electrons. The zero-order valence-electron chi connectivity index (χ0n) is 10.1. The first-order valence-corrected chi connectivity index (χ1v) is 6.85. The molecule has 2 aromatic heterocycles. The molecule has 0 aromatic carbocycles. The van der Waals surface area contributed by atoms with E-state index in [4.69, 9.17) is 11.6 Å². The fourth-order valence-electron chi connectivity index (χ4n) is 1.46. The van der Waals surface area contributed by atoms with E-state index < -0.39 is 5.82 Å². The van der Waals surface area contributed by atoms with Gasteiger partial charge in [-0.3, -0.25) is 0 Å². The number of aromatic nitrogens is 2. The first-order chi connectivity index (χ1) is 8.61. The Balaban J connectivity index is 2.40. The van der Waals surface area contributed by atoms with E-state index in [2.05, 4.69) is 15.3 Å². The highest BCUT2D eigenvalue weighted by atomic mass is 35.5. The average Bonchev–Trinajstić information content (AvgIpc) is 2.77. The number of nitrogens with zero attached hydrogens (tertiary/aromatic N) is 2. The molecule has 0 amide bonds. The van der Waals surface area contributed by atoms with Crippen LogP contribution in [0.2, 0.25) is 4.34 Å². The fourth-order valence-corrected chi connectivity index (χ4v) is 2.44. The average molecular weight is 286 g/mol. The summed E-state index contributed by atoms with van der Waals surface area (Å²) >= 11 is 7.26. The normalized spacial score (nSPS) is 10.7. The van der Waals surface area contributed by atoms with Gasteiger partial charge in [0, 0.05) is 6.54 Å². The van der Waals surface area contributed by atoms with Crippen LogP contribution in [0.3, 0.4) is 0 Å². The molecule has 2 heterocycles. The second-order valence-electron chi connectivity index (χ2n) is 3.83. The minimum atomic E-state index is -0.394. The molecule has 2 aromatic rings. The molecule has 1 N–H and O–H groups in total. The SMILES string of the molecule is CCCNc1nc(-c2ccc(Cl)s2)nc(C)c1F. The van der Waals surface area contributed by atoms with Gasteiger partial charge in [0.05, 0.1) is 14.9 Å². The van der Waals surface area contributed by atoms with Gasteiger partial charge in [0.15, 0.2) is 17.5 Å². The Hall–Kier alpha value is -1.20. The molecule has 0 saturated carbocycles. The van der Waals surface area contributed by atoms with Gasteiger partial charge < -0.3 is 5.32 Å². The van der Waals surface area contributed by atoms with Crippen LogP contribution >= 0.6 is 22.9 Å². The summed E-state index contributed by atoms with van der Waals surface area (Å²) in [6.07, 6.45) is 0.905. The number of halogens is 2. The third-order valence-corrected chi connectivity index (χ3v) is 3.58. The molecule has 2 rings (SSSR count). The van der Waals surface area contributed by atoms with E-state index in [0.29, 0.717) is 22.4 Å². The predicted molar refractivity (Wildman–Crippen MR) is 73.8 cm³/mol. The molecule has 0 fully saturated rings. The lowest BCUT2D eigenvalue weighted by Crippen LogP contribution is -2.07. The minimum Gasteiger partial charge on any atom is -0.368 e. The third-order valence-electron chi connectivity index (χ3n) is 2.35. The minimum absolute atomic E-state index is 0.254. The van der Waals surface area contributed by atoms with Crippen LogP contribution in [-0.4, -0.2) is 16.5 Å². The molecule has 3 nitrogen and oxygen atoms in total. The fraction of sp³-hybridized carbons (Fsp3) is 0.333. The van der Waals surface area contributed by atoms with Crippen LogP contribution in [0.5, 0.6) is 0 Å². The third kappa shape index (κ3) is 2.79. The molecule has 18 heavy (non-hydrogen) atoms. The molecule has 0 atom stereocenters. The zero-order valence-corrected chi connectivity index (χ0v) is 11.7. The molecule has 96 valence electrons. The van der Waals surface area contributed by atoms with Crippen molar-refractivity contribution in [2.24, 2.45) is 0 Å². The largest absolute Gasteiger partial charge is 0.368 e. The maximum absolute atomic E-state index is 13.8. The second-order valence-corrected chi connectivity index (χ2v) is 5.54. The number of hydrogen-bond donors (Lipinski definition) is 1. The van der Waals surface area contributed by atoms with E-state index in [-0.39, 0.29) is 5.82 Å². The summed E-state index contributed by atoms with van der Waals surface area (Å²) in [5, 5.41) is 2.97. The summed E-state index contributed by atoms with van der Waals surface area (Å²) < 4.78 is 14.5. The maximum Gasteiger partial charge on any atom is 0.186 e. The van der Waals surface area contributed by atoms with Crippen LogP contribution in [0.25, 0.3) is 10.7 Å². The van der Waals surface area contributed by atoms with Crippen LogP contribution in [0.4, 0.5) is 10.2 Å². The lowest BCUT2D eigenvalue weighted by atomic mass is 10.3. The standard InChI is InChI=1S/C12H13ClFN3S/c1-3-6-15-12-10(14)7(2)16-11(17-12)8-4-5-9(13)18-8/h4-5H,3,6H2,1-2H3,(H,15,16,17). The van der Waals surface area contributed by atoms with E-state index in [9.17, 15) is 4.39 Å². The van der Waals surface area contributed by atoms with E-state index in [0.717, 1.165) is 11.3 Å². The summed E-state index contributed by atoms with van der Waals surface area (Å²) in [6, 6.07) is 3.62. The van der Waals surface area contributed by atoms with Gasteiger partial charge in [-0.25, -0.2) is 14.4 Å². The van der Waals surface area contributed by atoms with Crippen molar-refractivity contribution < 1.29 is 4.39 Å². The molecular formula is C12H13ClFN3S. The van der Waals surface area contributed by atoms with Crippen molar-refractivity contribution in [2.75, 3.05) is 11.9 Å². The van der Waals surface area contributed by atoms with Crippen molar-refractivity contribution in [3.8, 4) is 10.7 Å². The highest BCUT2D eigenvalue weighted by Crippen LogP contribution is 2.30. The summed E-state index contributed by atoms with van der Waals surface area (Å²) in [5.41, 5.74) is 0.336. The maximum atomic E-state index is 13.8. The van der Waals surface area contributed by atoms with Crippen molar-refractivity contribution in [3.63, 3.8) is 0 Å². The lowest BCUT2D eigenvalue weighted by molar-refractivity contribution is 0.605. The molecule has 0 saturated heterocycles. The molecule has 0 spiro atoms. The van der Waals surface area contributed by atoms with Crippen molar-refractivity contribution in [1.29, 1.82) is 0 Å². The first kappa shape index (κ1) is 13.2.